The molecule has 2 N–H and O–H groups in total. The minimum Gasteiger partial charge on any atom is -0.491 e. The summed E-state index contributed by atoms with van der Waals surface area (Å²) in [6.07, 6.45) is 0.246. The van der Waals surface area contributed by atoms with E-state index in [0.717, 1.165) is 22.6 Å². The van der Waals surface area contributed by atoms with E-state index in [2.05, 4.69) is 24.4 Å². The van der Waals surface area contributed by atoms with Crippen LogP contribution in [0.2, 0.25) is 0 Å². The van der Waals surface area contributed by atoms with Crippen molar-refractivity contribution in [3.63, 3.8) is 0 Å². The summed E-state index contributed by atoms with van der Waals surface area (Å²) in [5, 5.41) is 14.5. The second-order valence-electron chi connectivity index (χ2n) is 7.24. The number of hydrogen-bond acceptors (Lipinski definition) is 5. The molecule has 144 valence electrons. The molecule has 0 aliphatic carbocycles. The van der Waals surface area contributed by atoms with E-state index in [1.54, 1.807) is 0 Å². The van der Waals surface area contributed by atoms with Crippen molar-refractivity contribution in [1.82, 2.24) is 5.32 Å². The van der Waals surface area contributed by atoms with E-state index in [-0.39, 0.29) is 18.0 Å². The number of piperidine rings is 1. The van der Waals surface area contributed by atoms with Crippen LogP contribution in [-0.2, 0) is 4.74 Å². The average Bonchev–Trinajstić information content (AvgIpc) is 2.69. The molecule has 2 bridgehead atoms. The molecule has 0 unspecified atom stereocenters. The van der Waals surface area contributed by atoms with E-state index in [0.29, 0.717) is 32.8 Å². The van der Waals surface area contributed by atoms with Gasteiger partial charge in [-0.05, 0) is 18.6 Å². The Labute approximate surface area is 160 Å². The summed E-state index contributed by atoms with van der Waals surface area (Å²) in [7, 11) is 0. The number of ether oxygens (including phenoxy) is 3. The van der Waals surface area contributed by atoms with E-state index in [9.17, 15) is 5.11 Å². The molecule has 0 aromatic heterocycles. The maximum atomic E-state index is 10.8. The summed E-state index contributed by atoms with van der Waals surface area (Å²) in [6, 6.07) is 16.1. The standard InChI is InChI=1S/C22H27NO4/c1-15-19(24)14-18-16-6-2-4-8-20(16)26-12-10-25-11-13-27-21-9-5-3-7-17(21)22(15)23-18/h2-9,15,18-19,22-24H,10-14H2,1H3/t15-,18-,19-,22+/m1/s1. The van der Waals surface area contributed by atoms with Crippen LogP contribution >= 0.6 is 0 Å². The van der Waals surface area contributed by atoms with Gasteiger partial charge in [0.1, 0.15) is 24.7 Å². The first-order valence-corrected chi connectivity index (χ1v) is 9.69. The van der Waals surface area contributed by atoms with Crippen molar-refractivity contribution in [3.05, 3.63) is 59.7 Å². The smallest absolute Gasteiger partial charge is 0.124 e. The van der Waals surface area contributed by atoms with Crippen molar-refractivity contribution in [3.8, 4) is 11.5 Å². The molecule has 27 heavy (non-hydrogen) atoms. The van der Waals surface area contributed by atoms with Crippen molar-refractivity contribution in [2.45, 2.75) is 31.5 Å². The van der Waals surface area contributed by atoms with Crippen LogP contribution in [0.5, 0.6) is 11.5 Å². The van der Waals surface area contributed by atoms with Crippen molar-refractivity contribution in [2.24, 2.45) is 5.92 Å². The van der Waals surface area contributed by atoms with E-state index < -0.39 is 6.10 Å². The Morgan fingerprint density at radius 2 is 1.44 bits per heavy atom. The van der Waals surface area contributed by atoms with Gasteiger partial charge in [-0.3, -0.25) is 0 Å². The molecule has 0 amide bonds. The maximum Gasteiger partial charge on any atom is 0.124 e. The van der Waals surface area contributed by atoms with Crippen LogP contribution < -0.4 is 14.8 Å². The zero-order valence-corrected chi connectivity index (χ0v) is 15.6. The van der Waals surface area contributed by atoms with E-state index in [1.807, 2.05) is 36.4 Å². The minimum absolute atomic E-state index is 0.00753. The lowest BCUT2D eigenvalue weighted by Gasteiger charge is -2.40. The fourth-order valence-corrected chi connectivity index (χ4v) is 4.00. The number of para-hydroxylation sites is 2. The summed E-state index contributed by atoms with van der Waals surface area (Å²) < 4.78 is 17.6. The topological polar surface area (TPSA) is 60.0 Å². The Bertz CT molecular complexity index is 765. The number of aliphatic hydroxyl groups is 1. The molecule has 5 heteroatoms. The number of aliphatic hydroxyl groups excluding tert-OH is 1. The quantitative estimate of drug-likeness (QED) is 0.747. The molecule has 0 saturated carbocycles. The van der Waals surface area contributed by atoms with Gasteiger partial charge in [0, 0.05) is 29.1 Å². The van der Waals surface area contributed by atoms with Crippen LogP contribution in [0, 0.1) is 5.92 Å². The van der Waals surface area contributed by atoms with Gasteiger partial charge >= 0.3 is 0 Å². The van der Waals surface area contributed by atoms with E-state index in [4.69, 9.17) is 14.2 Å². The summed E-state index contributed by atoms with van der Waals surface area (Å²) in [4.78, 5) is 0. The SMILES string of the molecule is C[C@@H]1[C@H](O)C[C@H]2N[C@@H]1c1ccccc1OCCOCCOc1ccccc12. The van der Waals surface area contributed by atoms with Crippen molar-refractivity contribution in [1.29, 1.82) is 0 Å². The van der Waals surface area contributed by atoms with Crippen LogP contribution in [0.3, 0.4) is 0 Å². The third-order valence-corrected chi connectivity index (χ3v) is 5.51. The molecule has 0 radical (unpaired) electrons. The highest BCUT2D eigenvalue weighted by molar-refractivity contribution is 5.40. The van der Waals surface area contributed by atoms with Crippen molar-refractivity contribution >= 4 is 0 Å². The first-order valence-electron chi connectivity index (χ1n) is 9.69. The Morgan fingerprint density at radius 1 is 0.852 bits per heavy atom. The number of rotatable bonds is 0. The molecule has 1 fully saturated rings. The van der Waals surface area contributed by atoms with Crippen LogP contribution in [-0.4, -0.2) is 37.6 Å². The summed E-state index contributed by atoms with van der Waals surface area (Å²) >= 11 is 0. The van der Waals surface area contributed by atoms with Gasteiger partial charge in [-0.15, -0.1) is 0 Å². The zero-order chi connectivity index (χ0) is 18.6. The third kappa shape index (κ3) is 3.95. The Kier molecular flexibility index (Phi) is 5.62. The fraction of sp³-hybridized carbons (Fsp3) is 0.455. The lowest BCUT2D eigenvalue weighted by molar-refractivity contribution is 0.0365. The largest absolute Gasteiger partial charge is 0.491 e. The first kappa shape index (κ1) is 18.3. The predicted octanol–water partition coefficient (Wildman–Crippen LogP) is 3.25. The van der Waals surface area contributed by atoms with Crippen molar-refractivity contribution < 1.29 is 19.3 Å². The van der Waals surface area contributed by atoms with E-state index >= 15 is 0 Å². The second kappa shape index (κ2) is 8.30. The summed E-state index contributed by atoms with van der Waals surface area (Å²) in [5.41, 5.74) is 2.15. The number of benzene rings is 2. The monoisotopic (exact) mass is 369 g/mol. The lowest BCUT2D eigenvalue weighted by Crippen LogP contribution is -2.43. The van der Waals surface area contributed by atoms with Gasteiger partial charge in [-0.2, -0.15) is 0 Å². The van der Waals surface area contributed by atoms with E-state index in [1.165, 1.54) is 0 Å². The van der Waals surface area contributed by atoms with Crippen LogP contribution in [0.4, 0.5) is 0 Å². The normalized spacial score (nSPS) is 28.7. The maximum absolute atomic E-state index is 10.8. The summed E-state index contributed by atoms with van der Waals surface area (Å²) in [6.45, 7) is 4.09. The highest BCUT2D eigenvalue weighted by Gasteiger charge is 2.37. The number of hydrogen-bond donors (Lipinski definition) is 2. The van der Waals surface area contributed by atoms with Gasteiger partial charge in [0.25, 0.3) is 0 Å². The second-order valence-corrected chi connectivity index (χ2v) is 7.24. The average molecular weight is 369 g/mol. The Balaban J connectivity index is 1.73. The molecule has 1 saturated heterocycles. The lowest BCUT2D eigenvalue weighted by atomic mass is 9.80. The van der Waals surface area contributed by atoms with Gasteiger partial charge < -0.3 is 24.6 Å². The Hall–Kier alpha value is -2.08. The molecular formula is C22H27NO4. The third-order valence-electron chi connectivity index (χ3n) is 5.51. The molecular weight excluding hydrogens is 342 g/mol. The molecule has 4 atom stereocenters. The van der Waals surface area contributed by atoms with Crippen molar-refractivity contribution in [2.75, 3.05) is 26.4 Å². The van der Waals surface area contributed by atoms with Crippen LogP contribution in [0.25, 0.3) is 0 Å². The molecule has 2 heterocycles. The predicted molar refractivity (Wildman–Crippen MR) is 103 cm³/mol. The van der Waals surface area contributed by atoms with Gasteiger partial charge in [-0.25, -0.2) is 0 Å². The highest BCUT2D eigenvalue weighted by Crippen LogP contribution is 2.41. The fourth-order valence-electron chi connectivity index (χ4n) is 4.00. The first-order chi connectivity index (χ1) is 13.2. The van der Waals surface area contributed by atoms with Gasteiger partial charge in [-0.1, -0.05) is 43.3 Å². The molecule has 2 aromatic carbocycles. The van der Waals surface area contributed by atoms with Gasteiger partial charge in [0.05, 0.1) is 19.3 Å². The zero-order valence-electron chi connectivity index (χ0n) is 15.6. The minimum atomic E-state index is -0.404. The molecule has 0 spiro atoms. The summed E-state index contributed by atoms with van der Waals surface area (Å²) in [5.74, 6) is 1.77. The molecule has 4 rings (SSSR count). The molecule has 5 nitrogen and oxygen atoms in total. The van der Waals surface area contributed by atoms with Crippen LogP contribution in [0.15, 0.2) is 48.5 Å². The van der Waals surface area contributed by atoms with Gasteiger partial charge in [0.15, 0.2) is 0 Å². The highest BCUT2D eigenvalue weighted by atomic mass is 16.5. The molecule has 2 aromatic rings. The number of fused-ring (bicyclic) bond motifs is 6. The van der Waals surface area contributed by atoms with Gasteiger partial charge in [0.2, 0.25) is 0 Å². The number of nitrogens with one attached hydrogen (secondary N) is 1. The Morgan fingerprint density at radius 3 is 2.15 bits per heavy atom. The molecule has 2 aliphatic rings. The molecule has 2 aliphatic heterocycles. The van der Waals surface area contributed by atoms with Crippen LogP contribution in [0.1, 0.15) is 36.6 Å².